The van der Waals surface area contributed by atoms with E-state index < -0.39 is 0 Å². The molecule has 1 heterocycles. The van der Waals surface area contributed by atoms with E-state index in [0.717, 1.165) is 25.7 Å². The lowest BCUT2D eigenvalue weighted by Gasteiger charge is -2.63. The van der Waals surface area contributed by atoms with Gasteiger partial charge in [0.15, 0.2) is 0 Å². The van der Waals surface area contributed by atoms with E-state index in [-0.39, 0.29) is 34.1 Å². The lowest BCUT2D eigenvalue weighted by Crippen LogP contribution is -2.61. The molecule has 1 aliphatic heterocycles. The van der Waals surface area contributed by atoms with Crippen molar-refractivity contribution in [2.45, 2.75) is 125 Å². The number of fused-ring (bicyclic) bond motifs is 5. The van der Waals surface area contributed by atoms with Crippen molar-refractivity contribution in [1.29, 1.82) is 0 Å². The first-order valence-corrected chi connectivity index (χ1v) is 13.8. The van der Waals surface area contributed by atoms with Crippen molar-refractivity contribution in [2.75, 3.05) is 0 Å². The number of allylic oxidation sites excluding steroid dienone is 2. The second-order valence-corrected chi connectivity index (χ2v) is 14.5. The van der Waals surface area contributed by atoms with E-state index in [4.69, 9.17) is 4.74 Å². The summed E-state index contributed by atoms with van der Waals surface area (Å²) in [5, 5.41) is 10.6. The van der Waals surface area contributed by atoms with Crippen molar-refractivity contribution in [3.8, 4) is 0 Å². The summed E-state index contributed by atoms with van der Waals surface area (Å²) in [6.07, 6.45) is 11.3. The van der Waals surface area contributed by atoms with E-state index in [2.05, 4.69) is 47.6 Å². The molecule has 0 aromatic heterocycles. The summed E-state index contributed by atoms with van der Waals surface area (Å²) in [6.45, 7) is 18.5. The first-order chi connectivity index (χ1) is 15.2. The van der Waals surface area contributed by atoms with Gasteiger partial charge in [0, 0.05) is 11.8 Å². The van der Waals surface area contributed by atoms with Gasteiger partial charge in [0.25, 0.3) is 0 Å². The smallest absolute Gasteiger partial charge is 0.138 e. The van der Waals surface area contributed by atoms with Gasteiger partial charge in [0.2, 0.25) is 0 Å². The Balaban J connectivity index is 1.41. The highest BCUT2D eigenvalue weighted by Gasteiger charge is 2.65. The van der Waals surface area contributed by atoms with Crippen LogP contribution in [-0.2, 0) is 9.53 Å². The molecule has 33 heavy (non-hydrogen) atoms. The van der Waals surface area contributed by atoms with E-state index in [1.165, 1.54) is 25.7 Å². The largest absolute Gasteiger partial charge is 0.387 e. The predicted octanol–water partition coefficient (Wildman–Crippen LogP) is 6.73. The van der Waals surface area contributed by atoms with Crippen molar-refractivity contribution in [1.82, 2.24) is 0 Å². The summed E-state index contributed by atoms with van der Waals surface area (Å²) in [4.78, 5) is 12.8. The van der Waals surface area contributed by atoms with E-state index in [1.54, 1.807) is 5.57 Å². The summed E-state index contributed by atoms with van der Waals surface area (Å²) in [6, 6.07) is 0. The molecule has 4 aliphatic carbocycles. The molecule has 4 fully saturated rings. The fourth-order valence-electron chi connectivity index (χ4n) is 10.1. The van der Waals surface area contributed by atoms with E-state index in [1.807, 2.05) is 13.8 Å². The molecule has 5 rings (SSSR count). The fraction of sp³-hybridized carbons (Fsp3) is 0.900. The molecule has 3 heteroatoms. The Morgan fingerprint density at radius 3 is 2.39 bits per heavy atom. The van der Waals surface area contributed by atoms with E-state index in [9.17, 15) is 9.90 Å². The Labute approximate surface area is 202 Å². The second-order valence-electron chi connectivity index (χ2n) is 14.5. The molecule has 1 saturated heterocycles. The standard InChI is InChI=1S/C30H48O3/c1-18(17-22-25(32)27(4,5)33-22)19-11-15-30(8)21-9-10-23-26(2,3)24(31)13-14-28(23,6)20(21)12-16-29(19,30)7/h9,18-20,22-23,25,32H,10-17H2,1-8H3. The van der Waals surface area contributed by atoms with Crippen molar-refractivity contribution in [2.24, 2.45) is 45.3 Å². The average Bonchev–Trinajstić information content (AvgIpc) is 3.02. The highest BCUT2D eigenvalue weighted by Crippen LogP contribution is 2.73. The zero-order valence-electron chi connectivity index (χ0n) is 22.5. The number of rotatable bonds is 3. The van der Waals surface area contributed by atoms with Crippen LogP contribution in [-0.4, -0.2) is 28.7 Å². The van der Waals surface area contributed by atoms with E-state index in [0.29, 0.717) is 34.9 Å². The number of aliphatic hydroxyl groups is 1. The van der Waals surface area contributed by atoms with Crippen molar-refractivity contribution in [3.63, 3.8) is 0 Å². The molecule has 3 nitrogen and oxygen atoms in total. The molecule has 0 aromatic carbocycles. The van der Waals surface area contributed by atoms with Crippen LogP contribution in [0.15, 0.2) is 11.6 Å². The number of hydrogen-bond acceptors (Lipinski definition) is 3. The number of ether oxygens (including phenoxy) is 1. The Hall–Kier alpha value is -0.670. The zero-order valence-corrected chi connectivity index (χ0v) is 22.5. The number of carbonyl (C=O) groups is 1. The van der Waals surface area contributed by atoms with Crippen LogP contribution in [0.25, 0.3) is 0 Å². The van der Waals surface area contributed by atoms with Crippen molar-refractivity contribution < 1.29 is 14.6 Å². The van der Waals surface area contributed by atoms with Crippen LogP contribution < -0.4 is 0 Å². The maximum Gasteiger partial charge on any atom is 0.138 e. The third kappa shape index (κ3) is 3.03. The van der Waals surface area contributed by atoms with E-state index >= 15 is 0 Å². The molecular formula is C30H48O3. The molecule has 5 aliphatic rings. The molecule has 0 bridgehead atoms. The monoisotopic (exact) mass is 456 g/mol. The van der Waals surface area contributed by atoms with Gasteiger partial charge >= 0.3 is 0 Å². The molecule has 1 N–H and O–H groups in total. The molecule has 0 amide bonds. The highest BCUT2D eigenvalue weighted by atomic mass is 16.6. The highest BCUT2D eigenvalue weighted by molar-refractivity contribution is 5.85. The minimum atomic E-state index is -0.384. The van der Waals surface area contributed by atoms with Crippen LogP contribution in [0.4, 0.5) is 0 Å². The normalized spacial score (nSPS) is 51.0. The Morgan fingerprint density at radius 1 is 1.06 bits per heavy atom. The first-order valence-electron chi connectivity index (χ1n) is 13.8. The van der Waals surface area contributed by atoms with Crippen LogP contribution in [0.1, 0.15) is 107 Å². The van der Waals surface area contributed by atoms with Crippen LogP contribution in [0.3, 0.4) is 0 Å². The maximum atomic E-state index is 12.8. The fourth-order valence-corrected chi connectivity index (χ4v) is 10.1. The maximum absolute atomic E-state index is 12.8. The first kappa shape index (κ1) is 24.0. The van der Waals surface area contributed by atoms with Gasteiger partial charge in [-0.1, -0.05) is 53.2 Å². The van der Waals surface area contributed by atoms with Crippen LogP contribution in [0, 0.1) is 45.3 Å². The van der Waals surface area contributed by atoms with Gasteiger partial charge in [-0.2, -0.15) is 0 Å². The van der Waals surface area contributed by atoms with Crippen LogP contribution in [0.2, 0.25) is 0 Å². The molecule has 0 spiro atoms. The summed E-state index contributed by atoms with van der Waals surface area (Å²) < 4.78 is 6.06. The number of Topliss-reactive ketones (excluding diaryl/α,β-unsaturated/α-hetero) is 1. The Morgan fingerprint density at radius 2 is 1.76 bits per heavy atom. The van der Waals surface area contributed by atoms with Gasteiger partial charge in [-0.3, -0.25) is 4.79 Å². The number of ketones is 1. The van der Waals surface area contributed by atoms with Gasteiger partial charge in [0.05, 0.1) is 11.7 Å². The Kier molecular flexibility index (Phi) is 5.24. The third-order valence-corrected chi connectivity index (χ3v) is 12.5. The van der Waals surface area contributed by atoms with Crippen molar-refractivity contribution >= 4 is 5.78 Å². The summed E-state index contributed by atoms with van der Waals surface area (Å²) in [5.74, 6) is 2.83. The lowest BCUT2D eigenvalue weighted by molar-refractivity contribution is -0.278. The minimum Gasteiger partial charge on any atom is -0.387 e. The average molecular weight is 457 g/mol. The summed E-state index contributed by atoms with van der Waals surface area (Å²) in [5.41, 5.74) is 1.99. The SMILES string of the molecule is CC(CC1OC(C)(C)C1O)C1CCC2(C)C3=CCC4C(C)(C)C(=O)CCC4(C)C3CCC12C. The topological polar surface area (TPSA) is 46.5 Å². The molecule has 0 radical (unpaired) electrons. The zero-order chi connectivity index (χ0) is 24.2. The molecular weight excluding hydrogens is 408 g/mol. The van der Waals surface area contributed by atoms with Gasteiger partial charge in [0.1, 0.15) is 11.9 Å². The molecule has 9 unspecified atom stereocenters. The minimum absolute atomic E-state index is 0.00244. The number of carbonyl (C=O) groups excluding carboxylic acids is 1. The van der Waals surface area contributed by atoms with Gasteiger partial charge in [-0.05, 0) is 98.7 Å². The summed E-state index contributed by atoms with van der Waals surface area (Å²) in [7, 11) is 0. The van der Waals surface area contributed by atoms with Crippen LogP contribution >= 0.6 is 0 Å². The second kappa shape index (κ2) is 7.19. The number of aliphatic hydroxyl groups excluding tert-OH is 1. The molecule has 3 saturated carbocycles. The predicted molar refractivity (Wildman–Crippen MR) is 133 cm³/mol. The molecule has 0 aromatic rings. The quantitative estimate of drug-likeness (QED) is 0.479. The summed E-state index contributed by atoms with van der Waals surface area (Å²) >= 11 is 0. The third-order valence-electron chi connectivity index (χ3n) is 12.5. The lowest BCUT2D eigenvalue weighted by atomic mass is 9.41. The molecule has 9 atom stereocenters. The van der Waals surface area contributed by atoms with Gasteiger partial charge < -0.3 is 9.84 Å². The number of hydrogen-bond donors (Lipinski definition) is 1. The Bertz CT molecular complexity index is 870. The molecule has 186 valence electrons. The van der Waals surface area contributed by atoms with Gasteiger partial charge in [-0.15, -0.1) is 0 Å². The van der Waals surface area contributed by atoms with Gasteiger partial charge in [-0.25, -0.2) is 0 Å². The van der Waals surface area contributed by atoms with Crippen LogP contribution in [0.5, 0.6) is 0 Å². The van der Waals surface area contributed by atoms with Crippen molar-refractivity contribution in [3.05, 3.63) is 11.6 Å².